The fourth-order valence-corrected chi connectivity index (χ4v) is 3.43. The van der Waals surface area contributed by atoms with Gasteiger partial charge in [-0.2, -0.15) is 0 Å². The van der Waals surface area contributed by atoms with E-state index in [2.05, 4.69) is 16.0 Å². The van der Waals surface area contributed by atoms with Gasteiger partial charge in [-0.1, -0.05) is 48.5 Å². The van der Waals surface area contributed by atoms with Crippen LogP contribution in [-0.4, -0.2) is 16.9 Å². The summed E-state index contributed by atoms with van der Waals surface area (Å²) in [6.45, 7) is 1.86. The molecule has 1 heterocycles. The lowest BCUT2D eigenvalue weighted by Gasteiger charge is -2.12. The third kappa shape index (κ3) is 5.72. The predicted molar refractivity (Wildman–Crippen MR) is 135 cm³/mol. The zero-order chi connectivity index (χ0) is 23.2. The van der Waals surface area contributed by atoms with E-state index in [1.165, 1.54) is 6.08 Å². The van der Waals surface area contributed by atoms with Crippen LogP contribution in [0, 0.1) is 6.92 Å². The van der Waals surface area contributed by atoms with Crippen LogP contribution in [0.3, 0.4) is 0 Å². The topological polar surface area (TPSA) is 83.4 Å². The molecule has 0 radical (unpaired) electrons. The number of anilines is 2. The van der Waals surface area contributed by atoms with Crippen molar-refractivity contribution >= 4 is 57.6 Å². The smallest absolute Gasteiger partial charge is 0.291 e. The Balaban J connectivity index is 1.34. The third-order valence-electron chi connectivity index (χ3n) is 4.85. The number of furan rings is 1. The highest BCUT2D eigenvalue weighted by Gasteiger charge is 2.13. The Hall–Kier alpha value is -4.23. The molecule has 7 heteroatoms. The number of carbonyl (C=O) groups is 2. The second-order valence-corrected chi connectivity index (χ2v) is 7.73. The van der Waals surface area contributed by atoms with Crippen molar-refractivity contribution < 1.29 is 14.0 Å². The van der Waals surface area contributed by atoms with Crippen LogP contribution >= 0.6 is 12.2 Å². The number of hydrogen-bond donors (Lipinski definition) is 3. The monoisotopic (exact) mass is 455 g/mol. The van der Waals surface area contributed by atoms with Gasteiger partial charge < -0.3 is 15.1 Å². The molecule has 0 fully saturated rings. The molecule has 0 saturated carbocycles. The second-order valence-electron chi connectivity index (χ2n) is 7.32. The van der Waals surface area contributed by atoms with Crippen molar-refractivity contribution in [3.8, 4) is 0 Å². The van der Waals surface area contributed by atoms with Crippen molar-refractivity contribution in [1.82, 2.24) is 5.32 Å². The number of para-hydroxylation sites is 1. The molecule has 2 amide bonds. The molecule has 0 saturated heterocycles. The molecule has 0 spiro atoms. The van der Waals surface area contributed by atoms with E-state index < -0.39 is 0 Å². The Labute approximate surface area is 196 Å². The molecule has 0 atom stereocenters. The summed E-state index contributed by atoms with van der Waals surface area (Å²) in [5.41, 5.74) is 3.73. The highest BCUT2D eigenvalue weighted by molar-refractivity contribution is 7.80. The lowest BCUT2D eigenvalue weighted by molar-refractivity contribution is -0.115. The van der Waals surface area contributed by atoms with Crippen molar-refractivity contribution in [2.45, 2.75) is 6.92 Å². The summed E-state index contributed by atoms with van der Waals surface area (Å²) >= 11 is 5.23. The molecule has 4 rings (SSSR count). The van der Waals surface area contributed by atoms with Gasteiger partial charge in [0.05, 0.1) is 0 Å². The SMILES string of the molecule is Cc1cc(NC(=S)NC(=O)/C=C/c2ccccc2)ccc1NC(=O)c1cc2ccccc2o1. The Morgan fingerprint density at radius 1 is 0.909 bits per heavy atom. The van der Waals surface area contributed by atoms with Gasteiger partial charge in [0.2, 0.25) is 5.91 Å². The summed E-state index contributed by atoms with van der Waals surface area (Å²) in [4.78, 5) is 24.7. The van der Waals surface area contributed by atoms with E-state index in [-0.39, 0.29) is 22.7 Å². The Morgan fingerprint density at radius 3 is 2.42 bits per heavy atom. The molecule has 0 aliphatic rings. The van der Waals surface area contributed by atoms with Crippen molar-refractivity contribution in [3.05, 3.63) is 102 Å². The molecule has 1 aromatic heterocycles. The lowest BCUT2D eigenvalue weighted by atomic mass is 10.1. The highest BCUT2D eigenvalue weighted by Crippen LogP contribution is 2.23. The number of amides is 2. The average Bonchev–Trinajstić information content (AvgIpc) is 3.25. The maximum Gasteiger partial charge on any atom is 0.291 e. The number of thiocarbonyl (C=S) groups is 1. The molecule has 0 aliphatic carbocycles. The number of rotatable bonds is 5. The van der Waals surface area contributed by atoms with Crippen LogP contribution in [0.5, 0.6) is 0 Å². The first-order valence-corrected chi connectivity index (χ1v) is 10.6. The number of benzene rings is 3. The maximum absolute atomic E-state index is 12.6. The quantitative estimate of drug-likeness (QED) is 0.273. The second kappa shape index (κ2) is 9.93. The van der Waals surface area contributed by atoms with E-state index in [4.69, 9.17) is 16.6 Å². The average molecular weight is 456 g/mol. The van der Waals surface area contributed by atoms with Gasteiger partial charge in [-0.3, -0.25) is 14.9 Å². The van der Waals surface area contributed by atoms with Crippen molar-refractivity contribution in [2.24, 2.45) is 0 Å². The standard InChI is InChI=1S/C26H21N3O3S/c1-17-15-20(27-26(33)29-24(30)14-11-18-7-3-2-4-8-18)12-13-21(17)28-25(31)23-16-19-9-5-6-10-22(19)32-23/h2-16H,1H3,(H,28,31)(H2,27,29,30,33)/b14-11+. The van der Waals surface area contributed by atoms with E-state index in [9.17, 15) is 9.59 Å². The Bertz CT molecular complexity index is 1330. The van der Waals surface area contributed by atoms with Gasteiger partial charge in [-0.05, 0) is 66.7 Å². The molecule has 0 bridgehead atoms. The van der Waals surface area contributed by atoms with Gasteiger partial charge >= 0.3 is 0 Å². The number of nitrogens with one attached hydrogen (secondary N) is 3. The van der Waals surface area contributed by atoms with Gasteiger partial charge in [0, 0.05) is 22.8 Å². The molecule has 0 unspecified atom stereocenters. The van der Waals surface area contributed by atoms with Crippen molar-refractivity contribution in [1.29, 1.82) is 0 Å². The highest BCUT2D eigenvalue weighted by atomic mass is 32.1. The number of hydrogen-bond acceptors (Lipinski definition) is 4. The number of carbonyl (C=O) groups excluding carboxylic acids is 2. The molecular weight excluding hydrogens is 434 g/mol. The van der Waals surface area contributed by atoms with E-state index >= 15 is 0 Å². The van der Waals surface area contributed by atoms with Gasteiger partial charge in [0.25, 0.3) is 5.91 Å². The van der Waals surface area contributed by atoms with Gasteiger partial charge in [-0.15, -0.1) is 0 Å². The van der Waals surface area contributed by atoms with Crippen LogP contribution < -0.4 is 16.0 Å². The van der Waals surface area contributed by atoms with Gasteiger partial charge in [0.1, 0.15) is 5.58 Å². The zero-order valence-electron chi connectivity index (χ0n) is 17.8. The maximum atomic E-state index is 12.6. The lowest BCUT2D eigenvalue weighted by Crippen LogP contribution is -2.32. The summed E-state index contributed by atoms with van der Waals surface area (Å²) in [7, 11) is 0. The van der Waals surface area contributed by atoms with Crippen LogP contribution in [-0.2, 0) is 4.79 Å². The van der Waals surface area contributed by atoms with Gasteiger partial charge in [-0.25, -0.2) is 0 Å². The molecule has 0 aliphatic heterocycles. The Morgan fingerprint density at radius 2 is 1.67 bits per heavy atom. The summed E-state index contributed by atoms with van der Waals surface area (Å²) in [5.74, 6) is -0.420. The van der Waals surface area contributed by atoms with E-state index in [1.54, 1.807) is 24.3 Å². The van der Waals surface area contributed by atoms with E-state index in [0.717, 1.165) is 16.5 Å². The first-order valence-electron chi connectivity index (χ1n) is 10.2. The van der Waals surface area contributed by atoms with E-state index in [1.807, 2.05) is 67.6 Å². The number of aryl methyl sites for hydroxylation is 1. The fourth-order valence-electron chi connectivity index (χ4n) is 3.21. The minimum Gasteiger partial charge on any atom is -0.451 e. The molecule has 6 nitrogen and oxygen atoms in total. The minimum absolute atomic E-state index is 0.177. The zero-order valence-corrected chi connectivity index (χ0v) is 18.6. The fraction of sp³-hybridized carbons (Fsp3) is 0.0385. The van der Waals surface area contributed by atoms with Crippen LogP contribution in [0.2, 0.25) is 0 Å². The van der Waals surface area contributed by atoms with Crippen LogP contribution in [0.4, 0.5) is 11.4 Å². The van der Waals surface area contributed by atoms with Crippen LogP contribution in [0.25, 0.3) is 17.0 Å². The predicted octanol–water partition coefficient (Wildman–Crippen LogP) is 5.52. The minimum atomic E-state index is -0.331. The molecule has 3 aromatic carbocycles. The van der Waals surface area contributed by atoms with Gasteiger partial charge in [0.15, 0.2) is 10.9 Å². The summed E-state index contributed by atoms with van der Waals surface area (Å²) in [6, 6.07) is 24.0. The Kier molecular flexibility index (Phi) is 6.61. The molecule has 33 heavy (non-hydrogen) atoms. The summed E-state index contributed by atoms with van der Waals surface area (Å²) in [5, 5.41) is 9.49. The van der Waals surface area contributed by atoms with Crippen molar-refractivity contribution in [3.63, 3.8) is 0 Å². The first-order chi connectivity index (χ1) is 16.0. The summed E-state index contributed by atoms with van der Waals surface area (Å²) in [6.07, 6.45) is 3.13. The molecule has 4 aromatic rings. The molecular formula is C26H21N3O3S. The molecule has 164 valence electrons. The first kappa shape index (κ1) is 22.0. The van der Waals surface area contributed by atoms with E-state index in [0.29, 0.717) is 17.0 Å². The third-order valence-corrected chi connectivity index (χ3v) is 5.05. The summed E-state index contributed by atoms with van der Waals surface area (Å²) < 4.78 is 5.62. The largest absolute Gasteiger partial charge is 0.451 e. The van der Waals surface area contributed by atoms with Crippen LogP contribution in [0.1, 0.15) is 21.7 Å². The normalized spacial score (nSPS) is 10.8. The van der Waals surface area contributed by atoms with Crippen LogP contribution in [0.15, 0.2) is 89.4 Å². The van der Waals surface area contributed by atoms with Crippen molar-refractivity contribution in [2.75, 3.05) is 10.6 Å². The molecule has 3 N–H and O–H groups in total. The number of fused-ring (bicyclic) bond motifs is 1.